The third-order valence-electron chi connectivity index (χ3n) is 2.95. The summed E-state index contributed by atoms with van der Waals surface area (Å²) in [5.74, 6) is 0.390. The molecule has 0 unspecified atom stereocenters. The first-order chi connectivity index (χ1) is 7.84. The molecule has 0 bridgehead atoms. The van der Waals surface area contributed by atoms with Gasteiger partial charge in [-0.2, -0.15) is 0 Å². The van der Waals surface area contributed by atoms with E-state index in [2.05, 4.69) is 11.8 Å². The molecule has 1 aliphatic heterocycles. The van der Waals surface area contributed by atoms with Gasteiger partial charge in [0.1, 0.15) is 0 Å². The minimum Gasteiger partial charge on any atom is -0.343 e. The van der Waals surface area contributed by atoms with Crippen molar-refractivity contribution in [3.63, 3.8) is 0 Å². The van der Waals surface area contributed by atoms with E-state index in [1.807, 2.05) is 13.8 Å². The topological polar surface area (TPSA) is 20.3 Å². The molecular weight excluding hydrogens is 198 g/mol. The van der Waals surface area contributed by atoms with Crippen LogP contribution in [0, 0.1) is 0 Å². The Morgan fingerprint density at radius 3 is 2.19 bits per heavy atom. The summed E-state index contributed by atoms with van der Waals surface area (Å²) in [4.78, 5) is 13.7. The summed E-state index contributed by atoms with van der Waals surface area (Å²) < 4.78 is 0. The summed E-state index contributed by atoms with van der Waals surface area (Å²) >= 11 is 0. The first-order valence-corrected chi connectivity index (χ1v) is 7.12. The van der Waals surface area contributed by atoms with Crippen LogP contribution in [0.2, 0.25) is 0 Å². The highest BCUT2D eigenvalue weighted by atomic mass is 16.2. The lowest BCUT2D eigenvalue weighted by molar-refractivity contribution is -0.132. The van der Waals surface area contributed by atoms with Crippen molar-refractivity contribution in [2.45, 2.75) is 72.1 Å². The van der Waals surface area contributed by atoms with Crippen LogP contribution in [0.1, 0.15) is 72.1 Å². The average molecular weight is 227 g/mol. The van der Waals surface area contributed by atoms with Crippen molar-refractivity contribution in [2.75, 3.05) is 13.1 Å². The van der Waals surface area contributed by atoms with Crippen LogP contribution >= 0.6 is 0 Å². The van der Waals surface area contributed by atoms with Crippen molar-refractivity contribution in [1.82, 2.24) is 4.90 Å². The van der Waals surface area contributed by atoms with Crippen LogP contribution in [-0.2, 0) is 4.79 Å². The molecule has 96 valence electrons. The molecule has 0 spiro atoms. The lowest BCUT2D eigenvalue weighted by Gasteiger charge is -2.26. The maximum atomic E-state index is 11.7. The van der Waals surface area contributed by atoms with E-state index in [0.717, 1.165) is 25.9 Å². The van der Waals surface area contributed by atoms with E-state index < -0.39 is 0 Å². The van der Waals surface area contributed by atoms with E-state index in [1.54, 1.807) is 0 Å². The van der Waals surface area contributed by atoms with Gasteiger partial charge in [-0.15, -0.1) is 0 Å². The summed E-state index contributed by atoms with van der Waals surface area (Å²) in [6.45, 7) is 8.21. The Balaban J connectivity index is 0.00000106. The Kier molecular flexibility index (Phi) is 10.6. The zero-order chi connectivity index (χ0) is 12.2. The van der Waals surface area contributed by atoms with Gasteiger partial charge in [-0.3, -0.25) is 4.79 Å². The van der Waals surface area contributed by atoms with E-state index in [0.29, 0.717) is 5.91 Å². The fourth-order valence-corrected chi connectivity index (χ4v) is 2.00. The number of piperidine rings is 1. The molecule has 0 aromatic heterocycles. The van der Waals surface area contributed by atoms with E-state index >= 15 is 0 Å². The number of rotatable bonds is 5. The lowest BCUT2D eigenvalue weighted by Crippen LogP contribution is -2.35. The van der Waals surface area contributed by atoms with Gasteiger partial charge in [-0.25, -0.2) is 0 Å². The standard InChI is InChI=1S/C12H23NO.C2H6/c1-2-3-4-6-9-12(14)13-10-7-5-8-11-13;1-2/h2-11H2,1H3;1-2H3. The number of carbonyl (C=O) groups excluding carboxylic acids is 1. The van der Waals surface area contributed by atoms with Crippen LogP contribution in [0.4, 0.5) is 0 Å². The third kappa shape index (κ3) is 6.86. The minimum atomic E-state index is 0.390. The molecule has 1 fully saturated rings. The maximum absolute atomic E-state index is 11.7. The molecular formula is C14H29NO. The van der Waals surface area contributed by atoms with Crippen LogP contribution < -0.4 is 0 Å². The SMILES string of the molecule is CC.CCCCCCC(=O)N1CCCCC1. The van der Waals surface area contributed by atoms with Gasteiger partial charge in [0.15, 0.2) is 0 Å². The molecule has 1 rings (SSSR count). The van der Waals surface area contributed by atoms with E-state index in [1.165, 1.54) is 38.5 Å². The van der Waals surface area contributed by atoms with E-state index in [-0.39, 0.29) is 0 Å². The quantitative estimate of drug-likeness (QED) is 0.650. The molecule has 16 heavy (non-hydrogen) atoms. The predicted octanol–water partition coefficient (Wildman–Crippen LogP) is 4.00. The second-order valence-corrected chi connectivity index (χ2v) is 4.25. The summed E-state index contributed by atoms with van der Waals surface area (Å²) in [6.07, 6.45) is 9.32. The Hall–Kier alpha value is -0.530. The van der Waals surface area contributed by atoms with Gasteiger partial charge in [-0.05, 0) is 25.7 Å². The molecule has 1 amide bonds. The highest BCUT2D eigenvalue weighted by Crippen LogP contribution is 2.11. The molecule has 0 aromatic carbocycles. The van der Waals surface area contributed by atoms with Crippen LogP contribution in [0.15, 0.2) is 0 Å². The molecule has 1 aliphatic rings. The number of hydrogen-bond donors (Lipinski definition) is 0. The van der Waals surface area contributed by atoms with Crippen LogP contribution in [0.25, 0.3) is 0 Å². The molecule has 0 N–H and O–H groups in total. The molecule has 0 atom stereocenters. The van der Waals surface area contributed by atoms with Gasteiger partial charge in [0.05, 0.1) is 0 Å². The fraction of sp³-hybridized carbons (Fsp3) is 0.929. The Labute approximate surface area is 101 Å². The van der Waals surface area contributed by atoms with Crippen LogP contribution in [0.5, 0.6) is 0 Å². The number of likely N-dealkylation sites (tertiary alicyclic amines) is 1. The smallest absolute Gasteiger partial charge is 0.222 e. The van der Waals surface area contributed by atoms with Gasteiger partial charge in [0.25, 0.3) is 0 Å². The van der Waals surface area contributed by atoms with Gasteiger partial charge in [-0.1, -0.05) is 40.0 Å². The van der Waals surface area contributed by atoms with Crippen molar-refractivity contribution in [3.8, 4) is 0 Å². The maximum Gasteiger partial charge on any atom is 0.222 e. The zero-order valence-electron chi connectivity index (χ0n) is 11.4. The van der Waals surface area contributed by atoms with Gasteiger partial charge >= 0.3 is 0 Å². The number of hydrogen-bond acceptors (Lipinski definition) is 1. The van der Waals surface area contributed by atoms with Crippen molar-refractivity contribution in [2.24, 2.45) is 0 Å². The van der Waals surface area contributed by atoms with Gasteiger partial charge < -0.3 is 4.90 Å². The molecule has 1 saturated heterocycles. The highest BCUT2D eigenvalue weighted by Gasteiger charge is 2.15. The second kappa shape index (κ2) is 11.0. The lowest BCUT2D eigenvalue weighted by atomic mass is 10.1. The molecule has 0 aliphatic carbocycles. The Bertz CT molecular complexity index is 162. The molecule has 0 saturated carbocycles. The zero-order valence-corrected chi connectivity index (χ0v) is 11.4. The Morgan fingerprint density at radius 1 is 1.00 bits per heavy atom. The molecule has 2 heteroatoms. The first kappa shape index (κ1) is 15.5. The van der Waals surface area contributed by atoms with Crippen LogP contribution in [-0.4, -0.2) is 23.9 Å². The van der Waals surface area contributed by atoms with Crippen molar-refractivity contribution < 1.29 is 4.79 Å². The summed E-state index contributed by atoms with van der Waals surface area (Å²) in [6, 6.07) is 0. The van der Waals surface area contributed by atoms with E-state index in [4.69, 9.17) is 0 Å². The minimum absolute atomic E-state index is 0.390. The molecule has 2 nitrogen and oxygen atoms in total. The van der Waals surface area contributed by atoms with Crippen molar-refractivity contribution in [1.29, 1.82) is 0 Å². The van der Waals surface area contributed by atoms with E-state index in [9.17, 15) is 4.79 Å². The molecule has 0 aromatic rings. The summed E-state index contributed by atoms with van der Waals surface area (Å²) in [5, 5.41) is 0. The van der Waals surface area contributed by atoms with Crippen LogP contribution in [0.3, 0.4) is 0 Å². The predicted molar refractivity (Wildman–Crippen MR) is 70.5 cm³/mol. The summed E-state index contributed by atoms with van der Waals surface area (Å²) in [5.41, 5.74) is 0. The number of unbranched alkanes of at least 4 members (excludes halogenated alkanes) is 3. The Morgan fingerprint density at radius 2 is 1.62 bits per heavy atom. The summed E-state index contributed by atoms with van der Waals surface area (Å²) in [7, 11) is 0. The third-order valence-corrected chi connectivity index (χ3v) is 2.95. The van der Waals surface area contributed by atoms with Gasteiger partial charge in [0, 0.05) is 19.5 Å². The largest absolute Gasteiger partial charge is 0.343 e. The number of nitrogens with zero attached hydrogens (tertiary/aromatic N) is 1. The normalized spacial score (nSPS) is 15.3. The average Bonchev–Trinajstić information content (AvgIpc) is 2.38. The molecule has 0 radical (unpaired) electrons. The number of carbonyl (C=O) groups is 1. The second-order valence-electron chi connectivity index (χ2n) is 4.25. The van der Waals surface area contributed by atoms with Gasteiger partial charge in [0.2, 0.25) is 5.91 Å². The monoisotopic (exact) mass is 227 g/mol. The number of amides is 1. The highest BCUT2D eigenvalue weighted by molar-refractivity contribution is 5.76. The first-order valence-electron chi connectivity index (χ1n) is 7.12. The molecule has 1 heterocycles. The van der Waals surface area contributed by atoms with Crippen molar-refractivity contribution in [3.05, 3.63) is 0 Å². The van der Waals surface area contributed by atoms with Crippen molar-refractivity contribution >= 4 is 5.91 Å². The fourth-order valence-electron chi connectivity index (χ4n) is 2.00.